The Morgan fingerprint density at radius 3 is 2.40 bits per heavy atom. The Labute approximate surface area is 122 Å². The number of anilines is 2. The van der Waals surface area contributed by atoms with Gasteiger partial charge in [-0.2, -0.15) is 0 Å². The first-order valence-electron chi connectivity index (χ1n) is 6.46. The summed E-state index contributed by atoms with van der Waals surface area (Å²) in [5, 5.41) is 21.6. The van der Waals surface area contributed by atoms with E-state index in [0.717, 1.165) is 13.1 Å². The third-order valence-corrected chi connectivity index (χ3v) is 4.13. The topological polar surface area (TPSA) is 112 Å². The molecule has 0 unspecified atom stereocenters. The Morgan fingerprint density at radius 2 is 1.95 bits per heavy atom. The van der Waals surface area contributed by atoms with Gasteiger partial charge in [-0.15, -0.1) is 0 Å². The van der Waals surface area contributed by atoms with Crippen molar-refractivity contribution in [1.82, 2.24) is 10.3 Å². The normalized spacial score (nSPS) is 11.4. The maximum Gasteiger partial charge on any atom is 0.265 e. The third kappa shape index (κ3) is 3.59. The van der Waals surface area contributed by atoms with Crippen molar-refractivity contribution in [2.24, 2.45) is 0 Å². The number of aliphatic hydroxyl groups is 2. The summed E-state index contributed by atoms with van der Waals surface area (Å²) in [6.07, 6.45) is 0. The summed E-state index contributed by atoms with van der Waals surface area (Å²) in [4.78, 5) is 18.6. The first kappa shape index (κ1) is 16.7. The molecule has 0 aliphatic rings. The Kier molecular flexibility index (Phi) is 5.73. The van der Waals surface area contributed by atoms with Gasteiger partial charge in [-0.3, -0.25) is 4.79 Å². The van der Waals surface area contributed by atoms with Crippen molar-refractivity contribution in [3.8, 4) is 0 Å². The van der Waals surface area contributed by atoms with Crippen LogP contribution in [0.5, 0.6) is 0 Å². The van der Waals surface area contributed by atoms with E-state index in [9.17, 15) is 15.0 Å². The number of amides is 1. The van der Waals surface area contributed by atoms with Crippen LogP contribution in [0.4, 0.5) is 10.9 Å². The fraction of sp³-hybridized carbons (Fsp3) is 0.667. The number of nitrogens with zero attached hydrogens (tertiary/aromatic N) is 2. The van der Waals surface area contributed by atoms with Crippen LogP contribution in [0.3, 0.4) is 0 Å². The van der Waals surface area contributed by atoms with E-state index >= 15 is 0 Å². The lowest BCUT2D eigenvalue weighted by Gasteiger charge is -2.25. The molecule has 1 heterocycles. The molecule has 7 nitrogen and oxygen atoms in total. The number of aromatic nitrogens is 1. The molecule has 1 aromatic heterocycles. The summed E-state index contributed by atoms with van der Waals surface area (Å²) in [6.45, 7) is 6.36. The Morgan fingerprint density at radius 1 is 1.40 bits per heavy atom. The molecule has 5 N–H and O–H groups in total. The quantitative estimate of drug-likeness (QED) is 0.566. The highest BCUT2D eigenvalue weighted by Gasteiger charge is 2.28. The number of carbonyl (C=O) groups excluding carboxylic acids is 1. The van der Waals surface area contributed by atoms with E-state index in [-0.39, 0.29) is 19.0 Å². The van der Waals surface area contributed by atoms with Crippen LogP contribution in [0.25, 0.3) is 0 Å². The molecule has 0 saturated carbocycles. The monoisotopic (exact) mass is 302 g/mol. The van der Waals surface area contributed by atoms with Crippen LogP contribution < -0.4 is 16.0 Å². The van der Waals surface area contributed by atoms with Crippen molar-refractivity contribution in [2.45, 2.75) is 26.3 Å². The molecule has 1 rings (SSSR count). The highest BCUT2D eigenvalue weighted by Crippen LogP contribution is 2.28. The number of rotatable bonds is 7. The zero-order valence-electron chi connectivity index (χ0n) is 12.0. The van der Waals surface area contributed by atoms with Gasteiger partial charge < -0.3 is 26.2 Å². The third-order valence-electron chi connectivity index (χ3n) is 3.00. The van der Waals surface area contributed by atoms with Crippen LogP contribution in [0.15, 0.2) is 0 Å². The van der Waals surface area contributed by atoms with Gasteiger partial charge in [-0.1, -0.05) is 11.3 Å². The first-order chi connectivity index (χ1) is 9.40. The summed E-state index contributed by atoms with van der Waals surface area (Å²) in [5.74, 6) is -0.281. The lowest BCUT2D eigenvalue weighted by Crippen LogP contribution is -2.51. The average molecular weight is 302 g/mol. The van der Waals surface area contributed by atoms with Gasteiger partial charge in [-0.05, 0) is 20.8 Å². The molecule has 0 saturated heterocycles. The van der Waals surface area contributed by atoms with Crippen molar-refractivity contribution in [1.29, 1.82) is 0 Å². The van der Waals surface area contributed by atoms with Gasteiger partial charge in [0.05, 0.1) is 18.8 Å². The van der Waals surface area contributed by atoms with E-state index in [0.29, 0.717) is 10.0 Å². The molecular formula is C12H22N4O3S. The Hall–Kier alpha value is -1.38. The van der Waals surface area contributed by atoms with Gasteiger partial charge in [-0.25, -0.2) is 4.98 Å². The fourth-order valence-corrected chi connectivity index (χ4v) is 2.58. The molecule has 114 valence electrons. The molecule has 0 aliphatic carbocycles. The van der Waals surface area contributed by atoms with Crippen LogP contribution in [0, 0.1) is 0 Å². The smallest absolute Gasteiger partial charge is 0.265 e. The van der Waals surface area contributed by atoms with Gasteiger partial charge in [0.2, 0.25) is 0 Å². The summed E-state index contributed by atoms with van der Waals surface area (Å²) < 4.78 is 0. The first-order valence-corrected chi connectivity index (χ1v) is 7.27. The Balaban J connectivity index is 2.94. The molecule has 0 aromatic carbocycles. The molecule has 0 radical (unpaired) electrons. The van der Waals surface area contributed by atoms with E-state index in [4.69, 9.17) is 5.73 Å². The van der Waals surface area contributed by atoms with E-state index < -0.39 is 11.4 Å². The minimum absolute atomic E-state index is 0.160. The summed E-state index contributed by atoms with van der Waals surface area (Å²) in [5.41, 5.74) is 4.70. The highest BCUT2D eigenvalue weighted by molar-refractivity contribution is 7.18. The molecule has 8 heteroatoms. The lowest BCUT2D eigenvalue weighted by molar-refractivity contribution is 0.0728. The van der Waals surface area contributed by atoms with Crippen molar-refractivity contribution < 1.29 is 15.0 Å². The minimum atomic E-state index is -1.08. The van der Waals surface area contributed by atoms with E-state index in [1.165, 1.54) is 11.3 Å². The molecule has 0 bridgehead atoms. The summed E-state index contributed by atoms with van der Waals surface area (Å²) >= 11 is 1.20. The van der Waals surface area contributed by atoms with Gasteiger partial charge in [0.25, 0.3) is 5.91 Å². The predicted octanol–water partition coefficient (Wildman–Crippen LogP) is 0.0446. The van der Waals surface area contributed by atoms with Crippen molar-refractivity contribution in [3.05, 3.63) is 4.88 Å². The largest absolute Gasteiger partial charge is 0.394 e. The number of nitrogen functional groups attached to an aromatic ring is 1. The van der Waals surface area contributed by atoms with Crippen LogP contribution in [-0.4, -0.2) is 52.9 Å². The number of carbonyl (C=O) groups is 1. The fourth-order valence-electron chi connectivity index (χ4n) is 1.57. The predicted molar refractivity (Wildman–Crippen MR) is 80.1 cm³/mol. The van der Waals surface area contributed by atoms with Gasteiger partial charge in [0.1, 0.15) is 10.7 Å². The number of nitrogens with two attached hydrogens (primary N) is 1. The maximum absolute atomic E-state index is 12.2. The van der Waals surface area contributed by atoms with Gasteiger partial charge in [0, 0.05) is 13.1 Å². The maximum atomic E-state index is 12.2. The summed E-state index contributed by atoms with van der Waals surface area (Å²) in [6, 6.07) is 0. The SMILES string of the molecule is CCN(CC)c1nc(N)c(C(=O)NC(C)(CO)CO)s1. The molecule has 0 fully saturated rings. The van der Waals surface area contributed by atoms with Crippen LogP contribution in [-0.2, 0) is 0 Å². The van der Waals surface area contributed by atoms with Crippen molar-refractivity contribution in [3.63, 3.8) is 0 Å². The molecule has 1 aromatic rings. The van der Waals surface area contributed by atoms with Gasteiger partial charge in [0.15, 0.2) is 5.13 Å². The van der Waals surface area contributed by atoms with Crippen LogP contribution >= 0.6 is 11.3 Å². The van der Waals surface area contributed by atoms with E-state index in [1.807, 2.05) is 18.7 Å². The van der Waals surface area contributed by atoms with E-state index in [1.54, 1.807) is 6.92 Å². The number of thiazole rings is 1. The second-order valence-corrected chi connectivity index (χ2v) is 5.69. The van der Waals surface area contributed by atoms with Crippen molar-refractivity contribution in [2.75, 3.05) is 36.9 Å². The second kappa shape index (κ2) is 6.87. The molecular weight excluding hydrogens is 280 g/mol. The second-order valence-electron chi connectivity index (χ2n) is 4.71. The van der Waals surface area contributed by atoms with Crippen LogP contribution in [0.1, 0.15) is 30.4 Å². The number of aliphatic hydroxyl groups excluding tert-OH is 2. The lowest BCUT2D eigenvalue weighted by atomic mass is 10.1. The molecule has 20 heavy (non-hydrogen) atoms. The zero-order chi connectivity index (χ0) is 15.3. The number of nitrogens with one attached hydrogen (secondary N) is 1. The molecule has 0 spiro atoms. The average Bonchev–Trinajstić information content (AvgIpc) is 2.82. The molecule has 0 aliphatic heterocycles. The highest BCUT2D eigenvalue weighted by atomic mass is 32.1. The summed E-state index contributed by atoms with van der Waals surface area (Å²) in [7, 11) is 0. The Bertz CT molecular complexity index is 456. The standard InChI is InChI=1S/C12H22N4O3S/c1-4-16(5-2)11-14-9(13)8(20-11)10(19)15-12(3,6-17)7-18/h17-18H,4-7,13H2,1-3H3,(H,15,19). The zero-order valence-corrected chi connectivity index (χ0v) is 12.8. The van der Waals surface area contributed by atoms with Crippen LogP contribution in [0.2, 0.25) is 0 Å². The van der Waals surface area contributed by atoms with Gasteiger partial charge >= 0.3 is 0 Å². The minimum Gasteiger partial charge on any atom is -0.394 e. The molecule has 0 atom stereocenters. The van der Waals surface area contributed by atoms with Crippen molar-refractivity contribution >= 4 is 28.2 Å². The number of hydrogen-bond donors (Lipinski definition) is 4. The van der Waals surface area contributed by atoms with E-state index in [2.05, 4.69) is 10.3 Å². The number of hydrogen-bond acceptors (Lipinski definition) is 7. The molecule has 1 amide bonds.